The van der Waals surface area contributed by atoms with Crippen LogP contribution in [0.2, 0.25) is 0 Å². The number of benzene rings is 1. The molecule has 0 saturated carbocycles. The van der Waals surface area contributed by atoms with Crippen molar-refractivity contribution in [2.24, 2.45) is 21.1 Å². The summed E-state index contributed by atoms with van der Waals surface area (Å²) in [5.41, 5.74) is -0.317. The summed E-state index contributed by atoms with van der Waals surface area (Å²) in [6, 6.07) is 11.1. The summed E-state index contributed by atoms with van der Waals surface area (Å²) in [6.45, 7) is 2.23. The monoisotopic (exact) mass is 409 g/mol. The van der Waals surface area contributed by atoms with Crippen molar-refractivity contribution in [3.63, 3.8) is 0 Å². The third kappa shape index (κ3) is 3.02. The number of amides is 1. The van der Waals surface area contributed by atoms with Gasteiger partial charge < -0.3 is 9.80 Å². The van der Waals surface area contributed by atoms with Gasteiger partial charge in [0, 0.05) is 59.1 Å². The van der Waals surface area contributed by atoms with Crippen molar-refractivity contribution in [3.05, 3.63) is 73.2 Å². The first-order valence-corrected chi connectivity index (χ1v) is 9.70. The third-order valence-electron chi connectivity index (χ3n) is 5.74. The number of anilines is 1. The van der Waals surface area contributed by atoms with Crippen LogP contribution in [0.1, 0.15) is 10.4 Å². The molecule has 0 atom stereocenters. The number of pyridine rings is 1. The standard InChI is InChI=1S/C21H23N5O4/c1-22-16(27)13-15(17-18(22)23(2)21(30)24(3)20(17)29)19(28)26-11-9-25(10-12-26)14-7-5-4-6-8-14/h4-8,13H,9-12H2,1-3H3. The van der Waals surface area contributed by atoms with E-state index in [2.05, 4.69) is 4.90 Å². The summed E-state index contributed by atoms with van der Waals surface area (Å²) >= 11 is 0. The third-order valence-corrected chi connectivity index (χ3v) is 5.74. The van der Waals surface area contributed by atoms with E-state index in [1.165, 1.54) is 36.3 Å². The molecule has 1 fully saturated rings. The molecule has 9 heteroatoms. The number of hydrogen-bond donors (Lipinski definition) is 0. The second-order valence-electron chi connectivity index (χ2n) is 7.47. The SMILES string of the molecule is Cn1c(=O)c2c(C(=O)N3CCN(c4ccccc4)CC3)cc(=O)n(C)c2n(C)c1=O. The van der Waals surface area contributed by atoms with Crippen LogP contribution in [0, 0.1) is 0 Å². The van der Waals surface area contributed by atoms with Gasteiger partial charge in [0.1, 0.15) is 5.65 Å². The molecule has 0 N–H and O–H groups in total. The number of rotatable bonds is 2. The van der Waals surface area contributed by atoms with Crippen molar-refractivity contribution in [2.75, 3.05) is 31.1 Å². The Hall–Kier alpha value is -3.62. The van der Waals surface area contributed by atoms with Crippen LogP contribution in [0.25, 0.3) is 11.0 Å². The molecule has 0 spiro atoms. The molecule has 3 aromatic rings. The second-order valence-corrected chi connectivity index (χ2v) is 7.47. The zero-order valence-electron chi connectivity index (χ0n) is 17.2. The van der Waals surface area contributed by atoms with E-state index in [1.807, 2.05) is 30.3 Å². The van der Waals surface area contributed by atoms with Gasteiger partial charge in [0.05, 0.1) is 10.9 Å². The number of fused-ring (bicyclic) bond motifs is 1. The fraction of sp³-hybridized carbons (Fsp3) is 0.333. The quantitative estimate of drug-likeness (QED) is 0.590. The highest BCUT2D eigenvalue weighted by Gasteiger charge is 2.27. The molecule has 4 rings (SSSR count). The Morgan fingerprint density at radius 1 is 0.833 bits per heavy atom. The number of piperazine rings is 1. The maximum atomic E-state index is 13.3. The van der Waals surface area contributed by atoms with E-state index in [9.17, 15) is 19.2 Å². The van der Waals surface area contributed by atoms with Crippen molar-refractivity contribution in [2.45, 2.75) is 0 Å². The van der Waals surface area contributed by atoms with E-state index in [4.69, 9.17) is 0 Å². The van der Waals surface area contributed by atoms with Crippen LogP contribution in [-0.4, -0.2) is 50.7 Å². The predicted molar refractivity (Wildman–Crippen MR) is 114 cm³/mol. The number of nitrogens with zero attached hydrogens (tertiary/aromatic N) is 5. The van der Waals surface area contributed by atoms with Crippen LogP contribution in [0.4, 0.5) is 5.69 Å². The van der Waals surface area contributed by atoms with Crippen LogP contribution in [0.15, 0.2) is 50.8 Å². The minimum atomic E-state index is -0.588. The molecule has 1 aromatic carbocycles. The Morgan fingerprint density at radius 3 is 2.10 bits per heavy atom. The summed E-state index contributed by atoms with van der Waals surface area (Å²) in [6.07, 6.45) is 0. The largest absolute Gasteiger partial charge is 0.368 e. The zero-order valence-corrected chi connectivity index (χ0v) is 17.2. The molecule has 9 nitrogen and oxygen atoms in total. The highest BCUT2D eigenvalue weighted by Crippen LogP contribution is 2.18. The number of aryl methyl sites for hydroxylation is 2. The van der Waals surface area contributed by atoms with Crippen molar-refractivity contribution < 1.29 is 4.79 Å². The van der Waals surface area contributed by atoms with E-state index in [0.29, 0.717) is 26.2 Å². The lowest BCUT2D eigenvalue weighted by Gasteiger charge is -2.36. The first kappa shape index (κ1) is 19.7. The van der Waals surface area contributed by atoms with Crippen LogP contribution in [0.3, 0.4) is 0 Å². The predicted octanol–water partition coefficient (Wildman–Crippen LogP) is -0.102. The summed E-state index contributed by atoms with van der Waals surface area (Å²) in [5, 5.41) is 0.0807. The smallest absolute Gasteiger partial charge is 0.332 e. The first-order valence-electron chi connectivity index (χ1n) is 9.70. The van der Waals surface area contributed by atoms with Gasteiger partial charge in [-0.15, -0.1) is 0 Å². The summed E-state index contributed by atoms with van der Waals surface area (Å²) < 4.78 is 3.40. The number of hydrogen-bond acceptors (Lipinski definition) is 5. The van der Waals surface area contributed by atoms with Gasteiger partial charge in [-0.2, -0.15) is 0 Å². The topological polar surface area (TPSA) is 89.6 Å². The molecule has 1 amide bonds. The Kier molecular flexibility index (Phi) is 4.81. The van der Waals surface area contributed by atoms with E-state index in [-0.39, 0.29) is 22.5 Å². The van der Waals surface area contributed by atoms with Crippen LogP contribution in [0.5, 0.6) is 0 Å². The molecule has 1 saturated heterocycles. The Labute approximate surface area is 172 Å². The first-order chi connectivity index (χ1) is 14.3. The number of para-hydroxylation sites is 1. The Morgan fingerprint density at radius 2 is 1.47 bits per heavy atom. The molecule has 3 heterocycles. The molecule has 0 bridgehead atoms. The normalized spacial score (nSPS) is 14.4. The summed E-state index contributed by atoms with van der Waals surface area (Å²) in [4.78, 5) is 54.8. The average molecular weight is 409 g/mol. The van der Waals surface area contributed by atoms with Crippen LogP contribution in [-0.2, 0) is 21.1 Å². The van der Waals surface area contributed by atoms with Crippen LogP contribution >= 0.6 is 0 Å². The minimum absolute atomic E-state index is 0.0393. The van der Waals surface area contributed by atoms with Gasteiger partial charge in [-0.1, -0.05) is 18.2 Å². The maximum Gasteiger partial charge on any atom is 0.332 e. The van der Waals surface area contributed by atoms with E-state index in [0.717, 1.165) is 10.3 Å². The lowest BCUT2D eigenvalue weighted by molar-refractivity contribution is 0.0748. The summed E-state index contributed by atoms with van der Waals surface area (Å²) in [5.74, 6) is -0.374. The van der Waals surface area contributed by atoms with Gasteiger partial charge in [-0.3, -0.25) is 28.1 Å². The molecule has 1 aliphatic rings. The van der Waals surface area contributed by atoms with E-state index < -0.39 is 16.8 Å². The van der Waals surface area contributed by atoms with Gasteiger partial charge in [-0.25, -0.2) is 4.79 Å². The molecular formula is C21H23N5O4. The van der Waals surface area contributed by atoms with Crippen LogP contribution < -0.4 is 21.7 Å². The minimum Gasteiger partial charge on any atom is -0.368 e. The molecule has 1 aliphatic heterocycles. The Bertz CT molecular complexity index is 1310. The lowest BCUT2D eigenvalue weighted by atomic mass is 10.1. The highest BCUT2D eigenvalue weighted by atomic mass is 16.2. The summed E-state index contributed by atoms with van der Waals surface area (Å²) in [7, 11) is 4.33. The second kappa shape index (κ2) is 7.33. The van der Waals surface area contributed by atoms with E-state index >= 15 is 0 Å². The van der Waals surface area contributed by atoms with Gasteiger partial charge in [0.2, 0.25) is 0 Å². The van der Waals surface area contributed by atoms with Crippen molar-refractivity contribution in [1.82, 2.24) is 18.6 Å². The lowest BCUT2D eigenvalue weighted by Crippen LogP contribution is -2.49. The van der Waals surface area contributed by atoms with Crippen molar-refractivity contribution in [3.8, 4) is 0 Å². The number of carbonyl (C=O) groups excluding carboxylic acids is 1. The van der Waals surface area contributed by atoms with Crippen molar-refractivity contribution in [1.29, 1.82) is 0 Å². The van der Waals surface area contributed by atoms with Gasteiger partial charge in [0.15, 0.2) is 0 Å². The number of aromatic nitrogens is 3. The molecular weight excluding hydrogens is 386 g/mol. The fourth-order valence-corrected chi connectivity index (χ4v) is 4.00. The molecule has 30 heavy (non-hydrogen) atoms. The van der Waals surface area contributed by atoms with E-state index in [1.54, 1.807) is 4.90 Å². The van der Waals surface area contributed by atoms with Crippen molar-refractivity contribution >= 4 is 22.6 Å². The molecule has 0 unspecified atom stereocenters. The maximum absolute atomic E-state index is 13.3. The molecule has 2 aromatic heterocycles. The van der Waals surface area contributed by atoms with Gasteiger partial charge in [0.25, 0.3) is 17.0 Å². The molecule has 0 aliphatic carbocycles. The number of carbonyl (C=O) groups is 1. The zero-order chi connectivity index (χ0) is 21.6. The fourth-order valence-electron chi connectivity index (χ4n) is 4.00. The Balaban J connectivity index is 1.75. The van der Waals surface area contributed by atoms with Gasteiger partial charge >= 0.3 is 5.69 Å². The highest BCUT2D eigenvalue weighted by molar-refractivity contribution is 6.05. The molecule has 0 radical (unpaired) electrons. The molecule has 156 valence electrons. The average Bonchev–Trinajstić information content (AvgIpc) is 2.78. The van der Waals surface area contributed by atoms with Gasteiger partial charge in [-0.05, 0) is 12.1 Å².